The van der Waals surface area contributed by atoms with Crippen molar-refractivity contribution in [2.75, 3.05) is 10.6 Å². The average molecular weight is 456 g/mol. The largest absolute Gasteiger partial charge is 0.365 e. The lowest BCUT2D eigenvalue weighted by atomic mass is 10.2. The van der Waals surface area contributed by atoms with E-state index in [1.54, 1.807) is 61.1 Å². The molecule has 10 heteroatoms. The second kappa shape index (κ2) is 8.52. The maximum Gasteiger partial charge on any atom is 0.258 e. The van der Waals surface area contributed by atoms with E-state index in [0.717, 1.165) is 11.3 Å². The number of rotatable bonds is 6. The first-order valence-electron chi connectivity index (χ1n) is 9.89. The van der Waals surface area contributed by atoms with Gasteiger partial charge in [-0.15, -0.1) is 11.3 Å². The number of fused-ring (bicyclic) bond motifs is 1. The number of carbonyl (C=O) groups excluding carboxylic acids is 2. The Morgan fingerprint density at radius 2 is 1.85 bits per heavy atom. The van der Waals surface area contributed by atoms with E-state index in [9.17, 15) is 9.59 Å². The molecule has 33 heavy (non-hydrogen) atoms. The molecule has 0 aliphatic rings. The number of pyridine rings is 1. The molecule has 4 heterocycles. The van der Waals surface area contributed by atoms with Crippen molar-refractivity contribution in [3.05, 3.63) is 89.1 Å². The monoisotopic (exact) mass is 455 g/mol. The number of nitrogens with two attached hydrogens (primary N) is 1. The van der Waals surface area contributed by atoms with Crippen LogP contribution >= 0.6 is 11.3 Å². The number of hydrogen-bond donors (Lipinski definition) is 3. The van der Waals surface area contributed by atoms with E-state index in [-0.39, 0.29) is 5.91 Å². The van der Waals surface area contributed by atoms with E-state index in [1.807, 2.05) is 22.0 Å². The molecule has 0 atom stereocenters. The first kappa shape index (κ1) is 20.3. The number of thiophene rings is 1. The fourth-order valence-electron chi connectivity index (χ4n) is 3.28. The Balaban J connectivity index is 1.36. The molecule has 162 valence electrons. The quantitative estimate of drug-likeness (QED) is 0.356. The molecular formula is C23H17N7O2S. The molecule has 0 aliphatic carbocycles. The molecule has 0 saturated carbocycles. The summed E-state index contributed by atoms with van der Waals surface area (Å²) in [5.41, 5.74) is 8.84. The van der Waals surface area contributed by atoms with Gasteiger partial charge in [0.1, 0.15) is 5.82 Å². The molecule has 0 unspecified atom stereocenters. The lowest BCUT2D eigenvalue weighted by molar-refractivity contribution is 0.100. The molecule has 0 saturated heterocycles. The topological polar surface area (TPSA) is 127 Å². The third-order valence-corrected chi connectivity index (χ3v) is 5.81. The van der Waals surface area contributed by atoms with Gasteiger partial charge in [0.15, 0.2) is 11.5 Å². The highest BCUT2D eigenvalue weighted by molar-refractivity contribution is 7.12. The van der Waals surface area contributed by atoms with Gasteiger partial charge in [0, 0.05) is 28.9 Å². The number of imidazole rings is 1. The second-order valence-electron chi connectivity index (χ2n) is 7.05. The standard InChI is InChI=1S/C23H17N7O2S/c24-20(31)18-10-15(13-33-18)17-12-27-21(22-25-8-9-30(17)22)28-16-6-7-19(26-11-16)29-23(32)14-4-2-1-3-5-14/h1-13H,(H2,24,31)(H,27,28)(H,26,29,32). The predicted octanol–water partition coefficient (Wildman–Crippen LogP) is 3.95. The fourth-order valence-corrected chi connectivity index (χ4v) is 4.03. The van der Waals surface area contributed by atoms with Crippen molar-refractivity contribution in [3.8, 4) is 11.3 Å². The summed E-state index contributed by atoms with van der Waals surface area (Å²) in [4.78, 5) is 37.4. The number of primary amides is 1. The van der Waals surface area contributed by atoms with Gasteiger partial charge in [0.2, 0.25) is 0 Å². The van der Waals surface area contributed by atoms with Crippen molar-refractivity contribution >= 4 is 46.1 Å². The first-order chi connectivity index (χ1) is 16.1. The van der Waals surface area contributed by atoms with Gasteiger partial charge in [-0.25, -0.2) is 15.0 Å². The molecule has 4 aromatic heterocycles. The Morgan fingerprint density at radius 3 is 2.58 bits per heavy atom. The van der Waals surface area contributed by atoms with E-state index in [0.29, 0.717) is 33.4 Å². The molecular weight excluding hydrogens is 438 g/mol. The third-order valence-electron chi connectivity index (χ3n) is 4.87. The number of amides is 2. The van der Waals surface area contributed by atoms with Gasteiger partial charge in [0.05, 0.1) is 28.7 Å². The molecule has 5 aromatic rings. The number of nitrogens with zero attached hydrogens (tertiary/aromatic N) is 4. The van der Waals surface area contributed by atoms with Crippen molar-refractivity contribution in [2.45, 2.75) is 0 Å². The average Bonchev–Trinajstić information content (AvgIpc) is 3.52. The van der Waals surface area contributed by atoms with Crippen LogP contribution in [0.2, 0.25) is 0 Å². The van der Waals surface area contributed by atoms with Crippen LogP contribution in [0.4, 0.5) is 17.3 Å². The van der Waals surface area contributed by atoms with Crippen molar-refractivity contribution < 1.29 is 9.59 Å². The maximum absolute atomic E-state index is 12.3. The van der Waals surface area contributed by atoms with Gasteiger partial charge < -0.3 is 16.4 Å². The Morgan fingerprint density at radius 1 is 1.00 bits per heavy atom. The van der Waals surface area contributed by atoms with Crippen LogP contribution in [0.15, 0.2) is 78.7 Å². The van der Waals surface area contributed by atoms with Crippen LogP contribution in [0.3, 0.4) is 0 Å². The van der Waals surface area contributed by atoms with Gasteiger partial charge in [-0.1, -0.05) is 18.2 Å². The van der Waals surface area contributed by atoms with Gasteiger partial charge in [-0.05, 0) is 30.3 Å². The van der Waals surface area contributed by atoms with Gasteiger partial charge in [0.25, 0.3) is 11.8 Å². The summed E-state index contributed by atoms with van der Waals surface area (Å²) in [5.74, 6) is 0.284. The van der Waals surface area contributed by atoms with Crippen LogP contribution in [0.25, 0.3) is 16.9 Å². The summed E-state index contributed by atoms with van der Waals surface area (Å²) in [6, 6.07) is 14.2. The summed E-state index contributed by atoms with van der Waals surface area (Å²) in [7, 11) is 0. The lowest BCUT2D eigenvalue weighted by Crippen LogP contribution is -2.12. The summed E-state index contributed by atoms with van der Waals surface area (Å²) in [6.45, 7) is 0. The Hall–Kier alpha value is -4.57. The highest BCUT2D eigenvalue weighted by Crippen LogP contribution is 2.28. The van der Waals surface area contributed by atoms with Gasteiger partial charge in [-0.2, -0.15) is 0 Å². The number of carbonyl (C=O) groups is 2. The van der Waals surface area contributed by atoms with Crippen LogP contribution < -0.4 is 16.4 Å². The number of aromatic nitrogens is 4. The molecule has 0 radical (unpaired) electrons. The van der Waals surface area contributed by atoms with Gasteiger partial charge >= 0.3 is 0 Å². The minimum atomic E-state index is -0.463. The Kier molecular flexibility index (Phi) is 5.25. The second-order valence-corrected chi connectivity index (χ2v) is 7.97. The zero-order valence-electron chi connectivity index (χ0n) is 17.1. The highest BCUT2D eigenvalue weighted by atomic mass is 32.1. The van der Waals surface area contributed by atoms with Crippen molar-refractivity contribution in [1.29, 1.82) is 0 Å². The first-order valence-corrected chi connectivity index (χ1v) is 10.8. The normalized spacial score (nSPS) is 10.8. The van der Waals surface area contributed by atoms with Crippen LogP contribution in [-0.2, 0) is 0 Å². The number of benzene rings is 1. The zero-order valence-corrected chi connectivity index (χ0v) is 17.9. The molecule has 0 bridgehead atoms. The van der Waals surface area contributed by atoms with E-state index < -0.39 is 5.91 Å². The van der Waals surface area contributed by atoms with Crippen molar-refractivity contribution in [1.82, 2.24) is 19.4 Å². The van der Waals surface area contributed by atoms with E-state index in [2.05, 4.69) is 25.6 Å². The summed E-state index contributed by atoms with van der Waals surface area (Å²) < 4.78 is 1.88. The minimum Gasteiger partial charge on any atom is -0.365 e. The molecule has 0 aliphatic heterocycles. The lowest BCUT2D eigenvalue weighted by Gasteiger charge is -2.10. The summed E-state index contributed by atoms with van der Waals surface area (Å²) in [5, 5.41) is 7.83. The van der Waals surface area contributed by atoms with Crippen molar-refractivity contribution in [3.63, 3.8) is 0 Å². The van der Waals surface area contributed by atoms with E-state index in [1.165, 1.54) is 11.3 Å². The minimum absolute atomic E-state index is 0.229. The van der Waals surface area contributed by atoms with Crippen molar-refractivity contribution in [2.24, 2.45) is 5.73 Å². The molecule has 5 rings (SSSR count). The summed E-state index contributed by atoms with van der Waals surface area (Å²) in [6.07, 6.45) is 6.80. The molecule has 0 fully saturated rings. The third kappa shape index (κ3) is 4.14. The smallest absolute Gasteiger partial charge is 0.258 e. The Bertz CT molecular complexity index is 1460. The zero-order chi connectivity index (χ0) is 22.8. The van der Waals surface area contributed by atoms with E-state index >= 15 is 0 Å². The number of hydrogen-bond acceptors (Lipinski definition) is 7. The maximum atomic E-state index is 12.3. The Labute approximate surface area is 192 Å². The molecule has 4 N–H and O–H groups in total. The molecule has 0 spiro atoms. The SMILES string of the molecule is NC(=O)c1cc(-c2cnc(Nc3ccc(NC(=O)c4ccccc4)nc3)c3nccn23)cs1. The van der Waals surface area contributed by atoms with Crippen LogP contribution in [-0.4, -0.2) is 31.2 Å². The van der Waals surface area contributed by atoms with Gasteiger partial charge in [-0.3, -0.25) is 14.0 Å². The molecule has 1 aromatic carbocycles. The predicted molar refractivity (Wildman–Crippen MR) is 127 cm³/mol. The molecule has 9 nitrogen and oxygen atoms in total. The summed E-state index contributed by atoms with van der Waals surface area (Å²) >= 11 is 1.28. The van der Waals surface area contributed by atoms with Crippen LogP contribution in [0, 0.1) is 0 Å². The molecule has 2 amide bonds. The number of nitrogens with one attached hydrogen (secondary N) is 2. The van der Waals surface area contributed by atoms with E-state index in [4.69, 9.17) is 5.73 Å². The van der Waals surface area contributed by atoms with Crippen LogP contribution in [0.1, 0.15) is 20.0 Å². The number of anilines is 3. The highest BCUT2D eigenvalue weighted by Gasteiger charge is 2.14. The van der Waals surface area contributed by atoms with Crippen LogP contribution in [0.5, 0.6) is 0 Å². The fraction of sp³-hybridized carbons (Fsp3) is 0.